The molecule has 0 N–H and O–H groups in total. The number of carbonyl (C=O) groups is 1. The van der Waals surface area contributed by atoms with Crippen molar-refractivity contribution in [3.05, 3.63) is 48.0 Å². The molecular weight excluding hydrogens is 280 g/mol. The van der Waals surface area contributed by atoms with Gasteiger partial charge in [-0.3, -0.25) is 0 Å². The molecule has 3 rings (SSSR count). The summed E-state index contributed by atoms with van der Waals surface area (Å²) in [7, 11) is 4.54. The van der Waals surface area contributed by atoms with Crippen LogP contribution in [0.2, 0.25) is 0 Å². The van der Waals surface area contributed by atoms with Gasteiger partial charge in [0, 0.05) is 10.8 Å². The van der Waals surface area contributed by atoms with Gasteiger partial charge in [-0.2, -0.15) is 0 Å². The first-order valence-electron chi connectivity index (χ1n) is 6.86. The van der Waals surface area contributed by atoms with Crippen molar-refractivity contribution in [2.24, 2.45) is 0 Å². The normalized spacial score (nSPS) is 10.7. The topological polar surface area (TPSA) is 44.8 Å². The highest BCUT2D eigenvalue weighted by atomic mass is 16.5. The standard InChI is InChI=1S/C18H16O4/c1-20-13-8-4-6-11-10-12-7-5-9-14(21-2)16(12)17(15(11)13)18(19)22-3/h4-10H,1-3H3. The van der Waals surface area contributed by atoms with Crippen LogP contribution in [0, 0.1) is 0 Å². The Morgan fingerprint density at radius 1 is 0.818 bits per heavy atom. The second-order valence-electron chi connectivity index (χ2n) is 4.86. The first-order chi connectivity index (χ1) is 10.7. The van der Waals surface area contributed by atoms with Crippen LogP contribution < -0.4 is 9.47 Å². The second kappa shape index (κ2) is 5.56. The Kier molecular flexibility index (Phi) is 3.59. The molecule has 0 aliphatic heterocycles. The maximum Gasteiger partial charge on any atom is 0.339 e. The Labute approximate surface area is 128 Å². The van der Waals surface area contributed by atoms with Gasteiger partial charge in [0.1, 0.15) is 11.5 Å². The van der Waals surface area contributed by atoms with E-state index in [1.165, 1.54) is 7.11 Å². The van der Waals surface area contributed by atoms with Crippen molar-refractivity contribution in [3.8, 4) is 11.5 Å². The number of methoxy groups -OCH3 is 3. The van der Waals surface area contributed by atoms with Crippen LogP contribution in [-0.4, -0.2) is 27.3 Å². The lowest BCUT2D eigenvalue weighted by Crippen LogP contribution is -2.05. The third-order valence-electron chi connectivity index (χ3n) is 3.76. The SMILES string of the molecule is COC(=O)c1c2c(OC)cccc2cc2cccc(OC)c12. The molecule has 4 heteroatoms. The molecule has 0 radical (unpaired) electrons. The fraction of sp³-hybridized carbons (Fsp3) is 0.167. The number of hydrogen-bond acceptors (Lipinski definition) is 4. The molecule has 0 unspecified atom stereocenters. The zero-order valence-electron chi connectivity index (χ0n) is 12.7. The van der Waals surface area contributed by atoms with Crippen molar-refractivity contribution in [1.82, 2.24) is 0 Å². The monoisotopic (exact) mass is 296 g/mol. The molecule has 0 spiro atoms. The van der Waals surface area contributed by atoms with Gasteiger partial charge in [0.15, 0.2) is 0 Å². The summed E-state index contributed by atoms with van der Waals surface area (Å²) in [6.45, 7) is 0. The second-order valence-corrected chi connectivity index (χ2v) is 4.86. The van der Waals surface area contributed by atoms with E-state index in [2.05, 4.69) is 0 Å². The predicted octanol–water partition coefficient (Wildman–Crippen LogP) is 3.80. The molecule has 0 saturated carbocycles. The van der Waals surface area contributed by atoms with E-state index in [1.807, 2.05) is 42.5 Å². The zero-order valence-corrected chi connectivity index (χ0v) is 12.7. The predicted molar refractivity (Wildman–Crippen MR) is 85.9 cm³/mol. The van der Waals surface area contributed by atoms with Crippen LogP contribution in [0.4, 0.5) is 0 Å². The Morgan fingerprint density at radius 3 is 1.73 bits per heavy atom. The molecule has 112 valence electrons. The summed E-state index contributed by atoms with van der Waals surface area (Å²) in [6.07, 6.45) is 0. The zero-order chi connectivity index (χ0) is 15.7. The van der Waals surface area contributed by atoms with Crippen molar-refractivity contribution >= 4 is 27.5 Å². The van der Waals surface area contributed by atoms with Crippen LogP contribution in [0.25, 0.3) is 21.5 Å². The van der Waals surface area contributed by atoms with Gasteiger partial charge in [0.05, 0.1) is 26.9 Å². The summed E-state index contributed by atoms with van der Waals surface area (Å²) >= 11 is 0. The van der Waals surface area contributed by atoms with Gasteiger partial charge in [-0.15, -0.1) is 0 Å². The van der Waals surface area contributed by atoms with E-state index >= 15 is 0 Å². The van der Waals surface area contributed by atoms with Crippen LogP contribution in [-0.2, 0) is 4.74 Å². The summed E-state index contributed by atoms with van der Waals surface area (Å²) in [5.41, 5.74) is 0.463. The minimum absolute atomic E-state index is 0.412. The fourth-order valence-corrected chi connectivity index (χ4v) is 2.81. The Hall–Kier alpha value is -2.75. The first kappa shape index (κ1) is 14.2. The minimum Gasteiger partial charge on any atom is -0.496 e. The molecule has 0 saturated heterocycles. The molecule has 0 aliphatic rings. The molecule has 3 aromatic carbocycles. The molecule has 0 bridgehead atoms. The van der Waals surface area contributed by atoms with E-state index in [0.29, 0.717) is 17.1 Å². The third-order valence-corrected chi connectivity index (χ3v) is 3.76. The quantitative estimate of drug-likeness (QED) is 0.545. The molecule has 0 atom stereocenters. The van der Waals surface area contributed by atoms with E-state index in [-0.39, 0.29) is 0 Å². The van der Waals surface area contributed by atoms with Crippen LogP contribution >= 0.6 is 0 Å². The van der Waals surface area contributed by atoms with Crippen LogP contribution in [0.3, 0.4) is 0 Å². The number of hydrogen-bond donors (Lipinski definition) is 0. The average Bonchev–Trinajstić information content (AvgIpc) is 2.57. The molecule has 3 aromatic rings. The molecule has 0 aromatic heterocycles. The van der Waals surface area contributed by atoms with E-state index in [4.69, 9.17) is 14.2 Å². The largest absolute Gasteiger partial charge is 0.496 e. The van der Waals surface area contributed by atoms with Gasteiger partial charge < -0.3 is 14.2 Å². The maximum atomic E-state index is 12.4. The molecule has 0 heterocycles. The van der Waals surface area contributed by atoms with Crippen molar-refractivity contribution in [1.29, 1.82) is 0 Å². The van der Waals surface area contributed by atoms with Gasteiger partial charge >= 0.3 is 5.97 Å². The van der Waals surface area contributed by atoms with Gasteiger partial charge in [0.25, 0.3) is 0 Å². The minimum atomic E-state index is -0.412. The lowest BCUT2D eigenvalue weighted by molar-refractivity contribution is 0.0604. The highest BCUT2D eigenvalue weighted by Crippen LogP contribution is 2.38. The van der Waals surface area contributed by atoms with Gasteiger partial charge in [-0.1, -0.05) is 24.3 Å². The number of ether oxygens (including phenoxy) is 3. The number of benzene rings is 3. The summed E-state index contributed by atoms with van der Waals surface area (Å²) in [6, 6.07) is 13.4. The van der Waals surface area contributed by atoms with Crippen molar-refractivity contribution in [2.75, 3.05) is 21.3 Å². The van der Waals surface area contributed by atoms with Crippen LogP contribution in [0.1, 0.15) is 10.4 Å². The van der Waals surface area contributed by atoms with Gasteiger partial charge in [0.2, 0.25) is 0 Å². The van der Waals surface area contributed by atoms with E-state index in [1.54, 1.807) is 14.2 Å². The molecule has 4 nitrogen and oxygen atoms in total. The van der Waals surface area contributed by atoms with Crippen molar-refractivity contribution in [3.63, 3.8) is 0 Å². The van der Waals surface area contributed by atoms with Gasteiger partial charge in [-0.25, -0.2) is 4.79 Å². The number of carbonyl (C=O) groups excluding carboxylic acids is 1. The third kappa shape index (κ3) is 2.04. The lowest BCUT2D eigenvalue weighted by atomic mass is 9.95. The highest BCUT2D eigenvalue weighted by Gasteiger charge is 2.21. The van der Waals surface area contributed by atoms with E-state index in [0.717, 1.165) is 21.5 Å². The summed E-state index contributed by atoms with van der Waals surface area (Å²) < 4.78 is 15.9. The number of rotatable bonds is 3. The van der Waals surface area contributed by atoms with Crippen LogP contribution in [0.5, 0.6) is 11.5 Å². The summed E-state index contributed by atoms with van der Waals surface area (Å²) in [5, 5.41) is 3.30. The van der Waals surface area contributed by atoms with Crippen molar-refractivity contribution in [2.45, 2.75) is 0 Å². The summed E-state index contributed by atoms with van der Waals surface area (Å²) in [5.74, 6) is 0.848. The molecule has 0 fully saturated rings. The Morgan fingerprint density at radius 2 is 1.32 bits per heavy atom. The number of fused-ring (bicyclic) bond motifs is 2. The maximum absolute atomic E-state index is 12.4. The van der Waals surface area contributed by atoms with Gasteiger partial charge in [-0.05, 0) is 29.0 Å². The lowest BCUT2D eigenvalue weighted by Gasteiger charge is -2.15. The Balaban J connectivity index is 2.60. The summed E-state index contributed by atoms with van der Waals surface area (Å²) in [4.78, 5) is 12.4. The van der Waals surface area contributed by atoms with E-state index < -0.39 is 5.97 Å². The first-order valence-corrected chi connectivity index (χ1v) is 6.86. The average molecular weight is 296 g/mol. The molecule has 22 heavy (non-hydrogen) atoms. The van der Waals surface area contributed by atoms with E-state index in [9.17, 15) is 4.79 Å². The van der Waals surface area contributed by atoms with Crippen molar-refractivity contribution < 1.29 is 19.0 Å². The Bertz CT molecular complexity index is 806. The molecule has 0 amide bonds. The highest BCUT2D eigenvalue weighted by molar-refractivity contribution is 6.19. The van der Waals surface area contributed by atoms with Crippen LogP contribution in [0.15, 0.2) is 42.5 Å². The smallest absolute Gasteiger partial charge is 0.339 e. The number of esters is 1. The molecule has 0 aliphatic carbocycles. The fourth-order valence-electron chi connectivity index (χ4n) is 2.81. The molecular formula is C18H16O4.